The van der Waals surface area contributed by atoms with Gasteiger partial charge in [0, 0.05) is 11.4 Å². The van der Waals surface area contributed by atoms with Crippen molar-refractivity contribution in [1.29, 1.82) is 0 Å². The van der Waals surface area contributed by atoms with Crippen LogP contribution >= 0.6 is 0 Å². The van der Waals surface area contributed by atoms with Crippen molar-refractivity contribution in [3.05, 3.63) is 59.7 Å². The molecule has 2 aromatic carbocycles. The van der Waals surface area contributed by atoms with Crippen LogP contribution in [0.25, 0.3) is 0 Å². The second kappa shape index (κ2) is 10.9. The standard InChI is InChI=1S/C18H20N2O2.ClH.Mn/c1-13(15-7-3-5-9-17(15)21)19-11-12-20-14(2)16-8-4-6-10-18(16)22;;/h3-10,21-22H,11-12H2,1-2H3;1H;/q;;+3/p-3. The maximum Gasteiger partial charge on any atom is 3.00 e. The molecule has 0 bridgehead atoms. The Hall–Kier alpha value is -1.81. The minimum absolute atomic E-state index is 0. The molecule has 0 saturated carbocycles. The Labute approximate surface area is 159 Å². The zero-order valence-electron chi connectivity index (χ0n) is 13.5. The fourth-order valence-corrected chi connectivity index (χ4v) is 2.14. The Morgan fingerprint density at radius 1 is 0.750 bits per heavy atom. The fraction of sp³-hybridized carbons (Fsp3) is 0.222. The average Bonchev–Trinajstić information content (AvgIpc) is 2.52. The number of nitrogens with zero attached hydrogens (tertiary/aromatic N) is 2. The molecule has 6 heteroatoms. The minimum atomic E-state index is -0.0243. The molecular formula is C18H18ClMnN2O2. The average molecular weight is 385 g/mol. The summed E-state index contributed by atoms with van der Waals surface area (Å²) in [7, 11) is 0. The second-order valence-corrected chi connectivity index (χ2v) is 4.93. The molecule has 0 aromatic heterocycles. The predicted molar refractivity (Wildman–Crippen MR) is 85.9 cm³/mol. The smallest absolute Gasteiger partial charge is 1.00 e. The predicted octanol–water partition coefficient (Wildman–Crippen LogP) is -0.846. The van der Waals surface area contributed by atoms with Gasteiger partial charge in [-0.25, -0.2) is 0 Å². The van der Waals surface area contributed by atoms with E-state index in [4.69, 9.17) is 0 Å². The molecule has 0 amide bonds. The Balaban J connectivity index is 0.00000264. The van der Waals surface area contributed by atoms with Gasteiger partial charge >= 0.3 is 17.1 Å². The van der Waals surface area contributed by atoms with Crippen LogP contribution in [0.5, 0.6) is 11.5 Å². The topological polar surface area (TPSA) is 70.8 Å². The molecule has 2 rings (SSSR count). The molecule has 0 aliphatic rings. The van der Waals surface area contributed by atoms with Crippen LogP contribution in [0, 0.1) is 0 Å². The van der Waals surface area contributed by atoms with Crippen LogP contribution in [0.1, 0.15) is 25.0 Å². The van der Waals surface area contributed by atoms with Gasteiger partial charge in [0.15, 0.2) is 0 Å². The summed E-state index contributed by atoms with van der Waals surface area (Å²) in [5.74, 6) is -0.0487. The quantitative estimate of drug-likeness (QED) is 0.383. The largest absolute Gasteiger partial charge is 3.00 e. The van der Waals surface area contributed by atoms with Gasteiger partial charge in [-0.3, -0.25) is 9.98 Å². The van der Waals surface area contributed by atoms with Crippen molar-refractivity contribution < 1.29 is 39.7 Å². The molecule has 2 aromatic rings. The van der Waals surface area contributed by atoms with Crippen molar-refractivity contribution >= 4 is 11.4 Å². The van der Waals surface area contributed by atoms with E-state index < -0.39 is 0 Å². The van der Waals surface area contributed by atoms with E-state index in [9.17, 15) is 10.2 Å². The van der Waals surface area contributed by atoms with E-state index in [1.807, 2.05) is 26.0 Å². The van der Waals surface area contributed by atoms with Crippen LogP contribution < -0.4 is 22.6 Å². The van der Waals surface area contributed by atoms with Crippen molar-refractivity contribution in [3.63, 3.8) is 0 Å². The van der Waals surface area contributed by atoms with Crippen molar-refractivity contribution in [2.24, 2.45) is 9.98 Å². The van der Waals surface area contributed by atoms with Crippen LogP contribution in [-0.2, 0) is 17.1 Å². The molecular weight excluding hydrogens is 367 g/mol. The van der Waals surface area contributed by atoms with Gasteiger partial charge in [0.1, 0.15) is 0 Å². The van der Waals surface area contributed by atoms with Crippen molar-refractivity contribution in [3.8, 4) is 11.5 Å². The van der Waals surface area contributed by atoms with Crippen molar-refractivity contribution in [2.45, 2.75) is 13.8 Å². The van der Waals surface area contributed by atoms with Crippen molar-refractivity contribution in [2.75, 3.05) is 13.1 Å². The van der Waals surface area contributed by atoms with Gasteiger partial charge in [0.25, 0.3) is 0 Å². The van der Waals surface area contributed by atoms with Gasteiger partial charge in [0.05, 0.1) is 13.1 Å². The van der Waals surface area contributed by atoms with E-state index in [1.54, 1.807) is 24.3 Å². The summed E-state index contributed by atoms with van der Waals surface area (Å²) < 4.78 is 0. The molecule has 0 aliphatic carbocycles. The number of hydrogen-bond acceptors (Lipinski definition) is 4. The summed E-state index contributed by atoms with van der Waals surface area (Å²) in [4.78, 5) is 8.75. The Kier molecular flexibility index (Phi) is 10.0. The molecule has 4 nitrogen and oxygen atoms in total. The van der Waals surface area contributed by atoms with Gasteiger partial charge < -0.3 is 22.6 Å². The van der Waals surface area contributed by atoms with E-state index in [-0.39, 0.29) is 41.0 Å². The number of rotatable bonds is 5. The first-order valence-corrected chi connectivity index (χ1v) is 7.14. The van der Waals surface area contributed by atoms with Gasteiger partial charge in [-0.2, -0.15) is 0 Å². The number of aliphatic imine (C=N–C) groups is 2. The van der Waals surface area contributed by atoms with Crippen LogP contribution in [-0.4, -0.2) is 24.5 Å². The Morgan fingerprint density at radius 3 is 1.42 bits per heavy atom. The Morgan fingerprint density at radius 2 is 1.08 bits per heavy atom. The molecule has 0 fully saturated rings. The van der Waals surface area contributed by atoms with Crippen LogP contribution in [0.15, 0.2) is 58.5 Å². The first-order chi connectivity index (χ1) is 10.6. The third kappa shape index (κ3) is 6.00. The van der Waals surface area contributed by atoms with Crippen LogP contribution in [0.2, 0.25) is 0 Å². The third-order valence-corrected chi connectivity index (χ3v) is 3.35. The van der Waals surface area contributed by atoms with Gasteiger partial charge in [0.2, 0.25) is 0 Å². The molecule has 0 spiro atoms. The molecule has 0 unspecified atom stereocenters. The normalized spacial score (nSPS) is 11.4. The summed E-state index contributed by atoms with van der Waals surface area (Å²) in [6.45, 7) is 4.61. The zero-order valence-corrected chi connectivity index (χ0v) is 15.4. The van der Waals surface area contributed by atoms with E-state index in [0.29, 0.717) is 35.6 Å². The molecule has 24 heavy (non-hydrogen) atoms. The van der Waals surface area contributed by atoms with E-state index in [2.05, 4.69) is 9.98 Å². The Bertz CT molecular complexity index is 656. The maximum atomic E-state index is 11.7. The first-order valence-electron chi connectivity index (χ1n) is 7.14. The third-order valence-electron chi connectivity index (χ3n) is 3.35. The van der Waals surface area contributed by atoms with Crippen LogP contribution in [0.3, 0.4) is 0 Å². The fourth-order valence-electron chi connectivity index (χ4n) is 2.14. The summed E-state index contributed by atoms with van der Waals surface area (Å²) in [5, 5.41) is 23.4. The first kappa shape index (κ1) is 22.2. The molecule has 0 aliphatic heterocycles. The second-order valence-electron chi connectivity index (χ2n) is 4.93. The minimum Gasteiger partial charge on any atom is -1.00 e. The molecule has 0 heterocycles. The van der Waals surface area contributed by atoms with Gasteiger partial charge in [-0.15, -0.1) is 0 Å². The molecule has 0 saturated heterocycles. The van der Waals surface area contributed by atoms with E-state index in [1.165, 1.54) is 12.1 Å². The molecule has 126 valence electrons. The SMILES string of the molecule is CC(=NCCN=C(C)c1ccccc1[O-])c1ccccc1[O-].[Cl-].[Mn+3]. The van der Waals surface area contributed by atoms with Crippen LogP contribution in [0.4, 0.5) is 0 Å². The maximum absolute atomic E-state index is 11.7. The van der Waals surface area contributed by atoms with Gasteiger partial charge in [-0.05, 0) is 25.0 Å². The zero-order chi connectivity index (χ0) is 15.9. The number of benzene rings is 2. The van der Waals surface area contributed by atoms with Crippen molar-refractivity contribution in [1.82, 2.24) is 0 Å². The van der Waals surface area contributed by atoms with E-state index in [0.717, 1.165) is 0 Å². The summed E-state index contributed by atoms with van der Waals surface area (Å²) in [6, 6.07) is 13.7. The summed E-state index contributed by atoms with van der Waals surface area (Å²) in [6.07, 6.45) is 0. The monoisotopic (exact) mass is 384 g/mol. The molecule has 0 atom stereocenters. The van der Waals surface area contributed by atoms with Gasteiger partial charge in [-0.1, -0.05) is 60.0 Å². The van der Waals surface area contributed by atoms with E-state index >= 15 is 0 Å². The summed E-state index contributed by atoms with van der Waals surface area (Å²) >= 11 is 0. The molecule has 0 N–H and O–H groups in total. The number of hydrogen-bond donors (Lipinski definition) is 0. The number of halogens is 1. The summed E-state index contributed by atoms with van der Waals surface area (Å²) in [5.41, 5.74) is 2.66. The molecule has 0 radical (unpaired) electrons. The number of para-hydroxylation sites is 2.